The molecule has 0 aliphatic rings. The van der Waals surface area contributed by atoms with E-state index in [1.165, 1.54) is 18.5 Å². The van der Waals surface area contributed by atoms with Crippen LogP contribution < -0.4 is 5.73 Å². The lowest BCUT2D eigenvalue weighted by Crippen LogP contribution is -2.28. The summed E-state index contributed by atoms with van der Waals surface area (Å²) in [6.07, 6.45) is 3.55. The number of nitrogens with two attached hydrogens (primary N) is 1. The van der Waals surface area contributed by atoms with Crippen LogP contribution in [0.5, 0.6) is 0 Å². The second kappa shape index (κ2) is 4.60. The molecule has 16 heavy (non-hydrogen) atoms. The molecule has 88 valence electrons. The van der Waals surface area contributed by atoms with Crippen molar-refractivity contribution in [2.24, 2.45) is 5.92 Å². The van der Waals surface area contributed by atoms with Crippen molar-refractivity contribution in [2.45, 2.75) is 25.7 Å². The van der Waals surface area contributed by atoms with Crippen LogP contribution in [-0.4, -0.2) is 10.9 Å². The quantitative estimate of drug-likeness (QED) is 0.800. The topological polar surface area (TPSA) is 38.9 Å². The first-order valence-corrected chi connectivity index (χ1v) is 5.10. The average molecular weight is 226 g/mol. The van der Waals surface area contributed by atoms with E-state index < -0.39 is 11.8 Å². The van der Waals surface area contributed by atoms with Gasteiger partial charge in [0.25, 0.3) is 5.92 Å². The number of hydrogen-bond donors (Lipinski definition) is 1. The predicted molar refractivity (Wildman–Crippen MR) is 61.4 cm³/mol. The normalized spacial score (nSPS) is 13.8. The lowest BCUT2D eigenvalue weighted by Gasteiger charge is -2.27. The fourth-order valence-corrected chi connectivity index (χ4v) is 1.82. The van der Waals surface area contributed by atoms with Crippen molar-refractivity contribution in [1.82, 2.24) is 4.98 Å². The van der Waals surface area contributed by atoms with Crippen LogP contribution in [0, 0.1) is 5.92 Å². The maximum atomic E-state index is 13.7. The van der Waals surface area contributed by atoms with Gasteiger partial charge in [-0.2, -0.15) is 0 Å². The van der Waals surface area contributed by atoms with Gasteiger partial charge in [-0.1, -0.05) is 20.4 Å². The second-order valence-corrected chi connectivity index (χ2v) is 4.15. The van der Waals surface area contributed by atoms with Gasteiger partial charge in [0.1, 0.15) is 0 Å². The number of nitrogens with zero attached hydrogens (tertiary/aromatic N) is 1. The fourth-order valence-electron chi connectivity index (χ4n) is 1.82. The molecule has 4 heteroatoms. The Morgan fingerprint density at radius 1 is 1.44 bits per heavy atom. The van der Waals surface area contributed by atoms with E-state index in [0.29, 0.717) is 17.3 Å². The number of nitrogen functional groups attached to an aromatic ring is 1. The summed E-state index contributed by atoms with van der Waals surface area (Å²) in [5.74, 6) is -4.12. The summed E-state index contributed by atoms with van der Waals surface area (Å²) in [6, 6.07) is 1.54. The van der Waals surface area contributed by atoms with Crippen molar-refractivity contribution >= 4 is 5.69 Å². The minimum Gasteiger partial charge on any atom is -0.397 e. The van der Waals surface area contributed by atoms with E-state index in [1.54, 1.807) is 13.8 Å². The van der Waals surface area contributed by atoms with E-state index in [2.05, 4.69) is 11.6 Å². The Morgan fingerprint density at radius 3 is 2.50 bits per heavy atom. The van der Waals surface area contributed by atoms with Gasteiger partial charge < -0.3 is 5.73 Å². The lowest BCUT2D eigenvalue weighted by atomic mass is 9.84. The second-order valence-electron chi connectivity index (χ2n) is 4.15. The van der Waals surface area contributed by atoms with Gasteiger partial charge in [-0.15, -0.1) is 0 Å². The van der Waals surface area contributed by atoms with Crippen molar-refractivity contribution in [3.63, 3.8) is 0 Å². The maximum Gasteiger partial charge on any atom is 0.273 e. The number of halogens is 2. The Hall–Kier alpha value is -1.45. The molecule has 2 nitrogen and oxygen atoms in total. The molecule has 0 bridgehead atoms. The van der Waals surface area contributed by atoms with Crippen LogP contribution in [0.25, 0.3) is 0 Å². The van der Waals surface area contributed by atoms with Gasteiger partial charge in [-0.3, -0.25) is 4.98 Å². The largest absolute Gasteiger partial charge is 0.397 e. The number of allylic oxidation sites excluding steroid dienone is 1. The van der Waals surface area contributed by atoms with Crippen molar-refractivity contribution < 1.29 is 8.78 Å². The van der Waals surface area contributed by atoms with E-state index in [0.717, 1.165) is 0 Å². The zero-order valence-electron chi connectivity index (χ0n) is 9.45. The summed E-state index contributed by atoms with van der Waals surface area (Å²) in [5, 5.41) is 0. The molecule has 2 N–H and O–H groups in total. The highest BCUT2D eigenvalue weighted by Gasteiger charge is 2.39. The first-order chi connectivity index (χ1) is 7.38. The monoisotopic (exact) mass is 226 g/mol. The van der Waals surface area contributed by atoms with Gasteiger partial charge >= 0.3 is 0 Å². The molecular formula is C12H16F2N2. The fraction of sp³-hybridized carbons (Fsp3) is 0.417. The van der Waals surface area contributed by atoms with E-state index in [4.69, 9.17) is 5.73 Å². The Kier molecular flexibility index (Phi) is 3.62. The van der Waals surface area contributed by atoms with Crippen LogP contribution in [0.1, 0.15) is 25.3 Å². The molecule has 0 unspecified atom stereocenters. The highest BCUT2D eigenvalue weighted by Crippen LogP contribution is 2.39. The molecule has 0 saturated heterocycles. The Morgan fingerprint density at radius 2 is 2.06 bits per heavy atom. The van der Waals surface area contributed by atoms with Crippen molar-refractivity contribution in [1.29, 1.82) is 0 Å². The van der Waals surface area contributed by atoms with Gasteiger partial charge in [-0.25, -0.2) is 8.78 Å². The number of alkyl halides is 2. The molecule has 1 heterocycles. The number of hydrogen-bond acceptors (Lipinski definition) is 2. The van der Waals surface area contributed by atoms with Gasteiger partial charge in [0, 0.05) is 12.4 Å². The molecule has 0 aromatic carbocycles. The molecule has 0 aliphatic carbocycles. The summed E-state index contributed by atoms with van der Waals surface area (Å²) in [6.45, 7) is 6.66. The van der Waals surface area contributed by atoms with Crippen molar-refractivity contribution in [3.8, 4) is 0 Å². The summed E-state index contributed by atoms with van der Waals surface area (Å²) in [4.78, 5) is 3.84. The number of aromatic nitrogens is 1. The van der Waals surface area contributed by atoms with E-state index >= 15 is 0 Å². The van der Waals surface area contributed by atoms with Gasteiger partial charge in [0.2, 0.25) is 0 Å². The third-order valence-corrected chi connectivity index (χ3v) is 2.49. The number of anilines is 1. The van der Waals surface area contributed by atoms with Crippen LogP contribution in [0.3, 0.4) is 0 Å². The van der Waals surface area contributed by atoms with Crippen LogP contribution in [0.2, 0.25) is 0 Å². The molecule has 1 atom stereocenters. The Bertz CT molecular complexity index is 375. The number of pyridine rings is 1. The summed E-state index contributed by atoms with van der Waals surface area (Å²) in [7, 11) is 0. The van der Waals surface area contributed by atoms with Crippen molar-refractivity contribution in [3.05, 3.63) is 36.7 Å². The molecule has 1 aromatic heterocycles. The van der Waals surface area contributed by atoms with E-state index in [-0.39, 0.29) is 5.92 Å². The minimum absolute atomic E-state index is 0.225. The van der Waals surface area contributed by atoms with Crippen LogP contribution in [0.15, 0.2) is 31.1 Å². The third-order valence-electron chi connectivity index (χ3n) is 2.49. The molecule has 0 saturated carbocycles. The lowest BCUT2D eigenvalue weighted by molar-refractivity contribution is 0.00795. The molecule has 1 aromatic rings. The van der Waals surface area contributed by atoms with E-state index in [9.17, 15) is 8.78 Å². The zero-order valence-corrected chi connectivity index (χ0v) is 9.45. The summed E-state index contributed by atoms with van der Waals surface area (Å²) >= 11 is 0. The molecule has 0 spiro atoms. The molecule has 0 fully saturated rings. The van der Waals surface area contributed by atoms with Crippen LogP contribution in [0.4, 0.5) is 14.5 Å². The van der Waals surface area contributed by atoms with Gasteiger partial charge in [0.05, 0.1) is 11.6 Å². The Balaban J connectivity index is 3.18. The Labute approximate surface area is 94.2 Å². The average Bonchev–Trinajstić information content (AvgIpc) is 2.17. The third kappa shape index (κ3) is 2.56. The highest BCUT2D eigenvalue weighted by atomic mass is 19.3. The first-order valence-electron chi connectivity index (χ1n) is 5.10. The predicted octanol–water partition coefficient (Wildman–Crippen LogP) is 3.22. The molecular weight excluding hydrogens is 210 g/mol. The molecule has 0 amide bonds. The standard InChI is InChI=1S/C12H16F2N2/c1-4-12(13,14)11(8(2)3)9-5-10(15)7-16-6-9/h4-8,11H,1,15H2,2-3H3/t11-/m1/s1. The summed E-state index contributed by atoms with van der Waals surface area (Å²) < 4.78 is 27.4. The maximum absolute atomic E-state index is 13.7. The zero-order chi connectivity index (χ0) is 12.3. The first kappa shape index (κ1) is 12.6. The smallest absolute Gasteiger partial charge is 0.273 e. The van der Waals surface area contributed by atoms with Crippen molar-refractivity contribution in [2.75, 3.05) is 5.73 Å². The number of rotatable bonds is 4. The van der Waals surface area contributed by atoms with E-state index in [1.807, 2.05) is 0 Å². The molecule has 1 rings (SSSR count). The minimum atomic E-state index is -2.95. The highest BCUT2D eigenvalue weighted by molar-refractivity contribution is 5.39. The van der Waals surface area contributed by atoms with Crippen LogP contribution >= 0.6 is 0 Å². The molecule has 0 radical (unpaired) electrons. The summed E-state index contributed by atoms with van der Waals surface area (Å²) in [5.41, 5.74) is 6.38. The van der Waals surface area contributed by atoms with Gasteiger partial charge in [-0.05, 0) is 23.6 Å². The van der Waals surface area contributed by atoms with Crippen LogP contribution in [-0.2, 0) is 0 Å². The molecule has 0 aliphatic heterocycles. The van der Waals surface area contributed by atoms with Gasteiger partial charge in [0.15, 0.2) is 0 Å². The SMILES string of the molecule is C=CC(F)(F)[C@@H](c1cncc(N)c1)C(C)C.